The molecule has 0 aliphatic rings. The van der Waals surface area contributed by atoms with Gasteiger partial charge in [0.25, 0.3) is 5.91 Å². The van der Waals surface area contributed by atoms with E-state index in [1.165, 1.54) is 0 Å². The highest BCUT2D eigenvalue weighted by Crippen LogP contribution is 2.09. The Morgan fingerprint density at radius 3 is 2.57 bits per heavy atom. The number of rotatable bonds is 6. The van der Waals surface area contributed by atoms with E-state index >= 15 is 0 Å². The van der Waals surface area contributed by atoms with Crippen molar-refractivity contribution in [2.75, 3.05) is 7.11 Å². The molecule has 1 N–H and O–H groups in total. The quantitative estimate of drug-likeness (QED) is 0.830. The second-order valence-corrected chi connectivity index (χ2v) is 5.04. The third-order valence-corrected chi connectivity index (χ3v) is 3.41. The van der Waals surface area contributed by atoms with Gasteiger partial charge in [-0.25, -0.2) is 0 Å². The van der Waals surface area contributed by atoms with Crippen molar-refractivity contribution in [2.24, 2.45) is 0 Å². The van der Waals surface area contributed by atoms with Crippen LogP contribution in [0, 0.1) is 0 Å². The molecule has 0 heterocycles. The molecule has 0 atom stereocenters. The number of amides is 1. The standard InChI is InChI=1S/C17H18ClNO2/c1-21-12-15-6-2-5-14(8-15)11-19-17(20)16-7-3-4-13(9-16)10-18/h2-9H,10-12H2,1H3,(H,19,20). The van der Waals surface area contributed by atoms with E-state index in [0.29, 0.717) is 24.6 Å². The molecule has 0 aromatic heterocycles. The first kappa shape index (κ1) is 15.5. The molecule has 0 unspecified atom stereocenters. The SMILES string of the molecule is COCc1cccc(CNC(=O)c2cccc(CCl)c2)c1. The van der Waals surface area contributed by atoms with Crippen LogP contribution in [-0.2, 0) is 23.8 Å². The maximum Gasteiger partial charge on any atom is 0.251 e. The fourth-order valence-corrected chi connectivity index (χ4v) is 2.24. The second-order valence-electron chi connectivity index (χ2n) is 4.77. The van der Waals surface area contributed by atoms with Gasteiger partial charge in [0.1, 0.15) is 0 Å². The first-order chi connectivity index (χ1) is 10.2. The van der Waals surface area contributed by atoms with Gasteiger partial charge < -0.3 is 10.1 Å². The number of hydrogen-bond donors (Lipinski definition) is 1. The summed E-state index contributed by atoms with van der Waals surface area (Å²) in [5.74, 6) is 0.305. The number of ether oxygens (including phenoxy) is 1. The van der Waals surface area contributed by atoms with Crippen molar-refractivity contribution >= 4 is 17.5 Å². The molecular formula is C17H18ClNO2. The number of nitrogens with one attached hydrogen (secondary N) is 1. The monoisotopic (exact) mass is 303 g/mol. The molecule has 0 saturated heterocycles. The van der Waals surface area contributed by atoms with Gasteiger partial charge in [0, 0.05) is 25.1 Å². The Kier molecular flexibility index (Phi) is 5.78. The number of hydrogen-bond acceptors (Lipinski definition) is 2. The highest BCUT2D eigenvalue weighted by molar-refractivity contribution is 6.17. The van der Waals surface area contributed by atoms with Gasteiger partial charge >= 0.3 is 0 Å². The lowest BCUT2D eigenvalue weighted by atomic mass is 10.1. The van der Waals surface area contributed by atoms with Crippen molar-refractivity contribution in [3.05, 3.63) is 70.8 Å². The fraction of sp³-hybridized carbons (Fsp3) is 0.235. The number of carbonyl (C=O) groups is 1. The summed E-state index contributed by atoms with van der Waals surface area (Å²) in [6.45, 7) is 1.06. The van der Waals surface area contributed by atoms with Gasteiger partial charge in [-0.05, 0) is 28.8 Å². The summed E-state index contributed by atoms with van der Waals surface area (Å²) in [7, 11) is 1.66. The summed E-state index contributed by atoms with van der Waals surface area (Å²) in [4.78, 5) is 12.1. The molecule has 0 bridgehead atoms. The number of halogens is 1. The molecule has 3 nitrogen and oxygen atoms in total. The van der Waals surface area contributed by atoms with Gasteiger partial charge in [-0.15, -0.1) is 11.6 Å². The van der Waals surface area contributed by atoms with Crippen LogP contribution < -0.4 is 5.32 Å². The van der Waals surface area contributed by atoms with Crippen LogP contribution in [0.15, 0.2) is 48.5 Å². The minimum atomic E-state index is -0.0980. The third-order valence-electron chi connectivity index (χ3n) is 3.10. The number of alkyl halides is 1. The maximum atomic E-state index is 12.1. The maximum absolute atomic E-state index is 12.1. The zero-order chi connectivity index (χ0) is 15.1. The van der Waals surface area contributed by atoms with Gasteiger partial charge in [0.2, 0.25) is 0 Å². The molecule has 0 aliphatic carbocycles. The highest BCUT2D eigenvalue weighted by Gasteiger charge is 2.06. The van der Waals surface area contributed by atoms with Crippen LogP contribution in [0.5, 0.6) is 0 Å². The summed E-state index contributed by atoms with van der Waals surface area (Å²) in [5, 5.41) is 2.91. The normalized spacial score (nSPS) is 10.4. The Balaban J connectivity index is 1.98. The van der Waals surface area contributed by atoms with E-state index in [2.05, 4.69) is 5.32 Å². The summed E-state index contributed by atoms with van der Waals surface area (Å²) in [5.41, 5.74) is 3.70. The van der Waals surface area contributed by atoms with E-state index in [4.69, 9.17) is 16.3 Å². The Morgan fingerprint density at radius 1 is 1.10 bits per heavy atom. The molecule has 1 amide bonds. The summed E-state index contributed by atoms with van der Waals surface area (Å²) >= 11 is 5.78. The molecule has 0 aliphatic heterocycles. The van der Waals surface area contributed by atoms with Gasteiger partial charge in [0.05, 0.1) is 6.61 Å². The Hall–Kier alpha value is -1.84. The minimum absolute atomic E-state index is 0.0980. The van der Waals surface area contributed by atoms with Crippen LogP contribution in [0.4, 0.5) is 0 Å². The zero-order valence-electron chi connectivity index (χ0n) is 11.9. The molecule has 4 heteroatoms. The molecule has 0 spiro atoms. The van der Waals surface area contributed by atoms with Crippen LogP contribution in [0.2, 0.25) is 0 Å². The van der Waals surface area contributed by atoms with Crippen LogP contribution in [0.3, 0.4) is 0 Å². The lowest BCUT2D eigenvalue weighted by molar-refractivity contribution is 0.0951. The topological polar surface area (TPSA) is 38.3 Å². The Bertz CT molecular complexity index is 613. The highest BCUT2D eigenvalue weighted by atomic mass is 35.5. The van der Waals surface area contributed by atoms with E-state index in [1.54, 1.807) is 13.2 Å². The van der Waals surface area contributed by atoms with Crippen molar-refractivity contribution in [1.29, 1.82) is 0 Å². The van der Waals surface area contributed by atoms with E-state index in [9.17, 15) is 4.79 Å². The molecule has 21 heavy (non-hydrogen) atoms. The van der Waals surface area contributed by atoms with Crippen molar-refractivity contribution in [3.8, 4) is 0 Å². The van der Waals surface area contributed by atoms with Gasteiger partial charge in [-0.3, -0.25) is 4.79 Å². The number of benzene rings is 2. The molecule has 110 valence electrons. The third kappa shape index (κ3) is 4.59. The second kappa shape index (κ2) is 7.81. The molecule has 0 saturated carbocycles. The van der Waals surface area contributed by atoms with Crippen LogP contribution in [0.1, 0.15) is 27.0 Å². The van der Waals surface area contributed by atoms with Crippen LogP contribution >= 0.6 is 11.6 Å². The van der Waals surface area contributed by atoms with E-state index in [0.717, 1.165) is 16.7 Å². The molecular weight excluding hydrogens is 286 g/mol. The largest absolute Gasteiger partial charge is 0.380 e. The lowest BCUT2D eigenvalue weighted by Gasteiger charge is -2.08. The average molecular weight is 304 g/mol. The fourth-order valence-electron chi connectivity index (χ4n) is 2.08. The minimum Gasteiger partial charge on any atom is -0.380 e. The number of methoxy groups -OCH3 is 1. The van der Waals surface area contributed by atoms with Gasteiger partial charge in [0.15, 0.2) is 0 Å². The smallest absolute Gasteiger partial charge is 0.251 e. The summed E-state index contributed by atoms with van der Waals surface area (Å²) in [6.07, 6.45) is 0. The Morgan fingerprint density at radius 2 is 1.81 bits per heavy atom. The first-order valence-electron chi connectivity index (χ1n) is 6.73. The molecule has 2 aromatic rings. The van der Waals surface area contributed by atoms with Crippen LogP contribution in [0.25, 0.3) is 0 Å². The number of carbonyl (C=O) groups excluding carboxylic acids is 1. The lowest BCUT2D eigenvalue weighted by Crippen LogP contribution is -2.22. The summed E-state index contributed by atoms with van der Waals surface area (Å²) in [6, 6.07) is 15.3. The molecule has 2 aromatic carbocycles. The zero-order valence-corrected chi connectivity index (χ0v) is 12.7. The predicted octanol–water partition coefficient (Wildman–Crippen LogP) is 3.50. The predicted molar refractivity (Wildman–Crippen MR) is 84.3 cm³/mol. The van der Waals surface area contributed by atoms with Crippen LogP contribution in [-0.4, -0.2) is 13.0 Å². The first-order valence-corrected chi connectivity index (χ1v) is 7.26. The molecule has 0 radical (unpaired) electrons. The summed E-state index contributed by atoms with van der Waals surface area (Å²) < 4.78 is 5.10. The van der Waals surface area contributed by atoms with Crippen molar-refractivity contribution in [2.45, 2.75) is 19.0 Å². The van der Waals surface area contributed by atoms with Crippen molar-refractivity contribution in [3.63, 3.8) is 0 Å². The van der Waals surface area contributed by atoms with E-state index in [1.807, 2.05) is 42.5 Å². The molecule has 0 fully saturated rings. The van der Waals surface area contributed by atoms with Gasteiger partial charge in [-0.1, -0.05) is 36.4 Å². The average Bonchev–Trinajstić information content (AvgIpc) is 2.53. The molecule has 2 rings (SSSR count). The Labute approximate surface area is 129 Å². The van der Waals surface area contributed by atoms with Crippen molar-refractivity contribution < 1.29 is 9.53 Å². The van der Waals surface area contributed by atoms with Crippen molar-refractivity contribution in [1.82, 2.24) is 5.32 Å². The van der Waals surface area contributed by atoms with Gasteiger partial charge in [-0.2, -0.15) is 0 Å². The van der Waals surface area contributed by atoms with E-state index in [-0.39, 0.29) is 5.91 Å². The van der Waals surface area contributed by atoms with E-state index < -0.39 is 0 Å².